The molecule has 0 saturated heterocycles. The molecule has 4 saturated carbocycles. The summed E-state index contributed by atoms with van der Waals surface area (Å²) in [6, 6.07) is 3.84. The molecule has 114 valence electrons. The lowest BCUT2D eigenvalue weighted by atomic mass is 9.54. The van der Waals surface area contributed by atoms with Crippen molar-refractivity contribution in [2.24, 2.45) is 23.7 Å². The second-order valence-electron chi connectivity index (χ2n) is 8.00. The SMILES string of the molecule is C[C@H]1CC(NC2C3CC4CC(C3)CC2C4)c2ccsc2S1. The third-order valence-electron chi connectivity index (χ3n) is 6.53. The number of thioether (sulfide) groups is 1. The summed E-state index contributed by atoms with van der Waals surface area (Å²) in [5, 5.41) is 7.23. The first-order chi connectivity index (χ1) is 10.3. The van der Waals surface area contributed by atoms with Crippen LogP contribution in [-0.4, -0.2) is 11.3 Å². The topological polar surface area (TPSA) is 12.0 Å². The highest BCUT2D eigenvalue weighted by atomic mass is 32.2. The lowest BCUT2D eigenvalue weighted by Crippen LogP contribution is -2.55. The van der Waals surface area contributed by atoms with Gasteiger partial charge in [0.1, 0.15) is 0 Å². The fraction of sp³-hybridized carbons (Fsp3) is 0.778. The van der Waals surface area contributed by atoms with E-state index in [1.54, 1.807) is 16.2 Å². The third-order valence-corrected chi connectivity index (χ3v) is 8.87. The second kappa shape index (κ2) is 5.01. The van der Waals surface area contributed by atoms with E-state index in [2.05, 4.69) is 35.4 Å². The summed E-state index contributed by atoms with van der Waals surface area (Å²) < 4.78 is 1.58. The first-order valence-electron chi connectivity index (χ1n) is 8.76. The van der Waals surface area contributed by atoms with Crippen molar-refractivity contribution in [1.29, 1.82) is 0 Å². The van der Waals surface area contributed by atoms with Crippen molar-refractivity contribution in [1.82, 2.24) is 5.32 Å². The van der Waals surface area contributed by atoms with Crippen LogP contribution in [0.1, 0.15) is 57.1 Å². The Hall–Kier alpha value is 0.01000. The Morgan fingerprint density at radius 1 is 1.00 bits per heavy atom. The van der Waals surface area contributed by atoms with Gasteiger partial charge < -0.3 is 5.32 Å². The number of hydrogen-bond acceptors (Lipinski definition) is 3. The van der Waals surface area contributed by atoms with E-state index in [0.717, 1.165) is 35.0 Å². The van der Waals surface area contributed by atoms with Crippen LogP contribution in [0.15, 0.2) is 15.7 Å². The van der Waals surface area contributed by atoms with E-state index < -0.39 is 0 Å². The Morgan fingerprint density at radius 2 is 1.71 bits per heavy atom. The Bertz CT molecular complexity index is 509. The maximum atomic E-state index is 4.17. The minimum absolute atomic E-state index is 0.630. The Morgan fingerprint density at radius 3 is 2.43 bits per heavy atom. The van der Waals surface area contributed by atoms with Crippen molar-refractivity contribution in [2.75, 3.05) is 0 Å². The Kier molecular flexibility index (Phi) is 3.21. The van der Waals surface area contributed by atoms with E-state index >= 15 is 0 Å². The minimum atomic E-state index is 0.630. The quantitative estimate of drug-likeness (QED) is 0.815. The summed E-state index contributed by atoms with van der Waals surface area (Å²) in [4.78, 5) is 0. The molecule has 3 heteroatoms. The van der Waals surface area contributed by atoms with E-state index in [1.807, 2.05) is 11.3 Å². The van der Waals surface area contributed by atoms with E-state index in [4.69, 9.17) is 0 Å². The highest BCUT2D eigenvalue weighted by Crippen LogP contribution is 2.54. The molecule has 4 bridgehead atoms. The van der Waals surface area contributed by atoms with Gasteiger partial charge in [-0.05, 0) is 79.2 Å². The molecule has 0 aromatic carbocycles. The molecule has 4 aliphatic carbocycles. The molecule has 0 amide bonds. The lowest BCUT2D eigenvalue weighted by molar-refractivity contribution is -0.0183. The molecule has 6 rings (SSSR count). The standard InChI is InChI=1S/C18H25NS2/c1-10-4-16(15-2-3-20-18(15)21-10)19-17-13-6-11-5-12(8-13)9-14(17)7-11/h2-3,10-14,16-17,19H,4-9H2,1H3/t10-,11?,12?,13?,14?,16?,17?/m0/s1. The van der Waals surface area contributed by atoms with Crippen molar-refractivity contribution in [2.45, 2.75) is 67.0 Å². The van der Waals surface area contributed by atoms with Crippen LogP contribution in [-0.2, 0) is 0 Å². The van der Waals surface area contributed by atoms with Gasteiger partial charge in [-0.15, -0.1) is 23.1 Å². The van der Waals surface area contributed by atoms with Gasteiger partial charge >= 0.3 is 0 Å². The molecule has 0 radical (unpaired) electrons. The van der Waals surface area contributed by atoms with Crippen LogP contribution in [0.4, 0.5) is 0 Å². The summed E-state index contributed by atoms with van der Waals surface area (Å²) in [5.41, 5.74) is 1.61. The number of rotatable bonds is 2. The second-order valence-corrected chi connectivity index (χ2v) is 10.6. The van der Waals surface area contributed by atoms with Gasteiger partial charge in [-0.2, -0.15) is 0 Å². The summed E-state index contributed by atoms with van der Waals surface area (Å²) in [7, 11) is 0. The molecule has 1 nitrogen and oxygen atoms in total. The summed E-state index contributed by atoms with van der Waals surface area (Å²) in [6.45, 7) is 2.40. The van der Waals surface area contributed by atoms with Gasteiger partial charge in [-0.1, -0.05) is 6.92 Å². The number of hydrogen-bond donors (Lipinski definition) is 1. The molecule has 2 heterocycles. The summed E-state index contributed by atoms with van der Waals surface area (Å²) in [6.07, 6.45) is 8.98. The molecular weight excluding hydrogens is 294 g/mol. The number of thiophene rings is 1. The van der Waals surface area contributed by atoms with Crippen LogP contribution in [0.5, 0.6) is 0 Å². The zero-order valence-electron chi connectivity index (χ0n) is 12.8. The lowest BCUT2D eigenvalue weighted by Gasteiger charge is -2.55. The van der Waals surface area contributed by atoms with E-state index in [9.17, 15) is 0 Å². The van der Waals surface area contributed by atoms with Crippen molar-refractivity contribution in [3.63, 3.8) is 0 Å². The average molecular weight is 320 g/mol. The van der Waals surface area contributed by atoms with Gasteiger partial charge in [-0.25, -0.2) is 0 Å². The van der Waals surface area contributed by atoms with E-state index in [0.29, 0.717) is 6.04 Å². The number of fused-ring (bicyclic) bond motifs is 1. The van der Waals surface area contributed by atoms with Gasteiger partial charge in [0.05, 0.1) is 4.21 Å². The predicted octanol–water partition coefficient (Wildman–Crippen LogP) is 5.09. The highest BCUT2D eigenvalue weighted by Gasteiger charge is 2.48. The first kappa shape index (κ1) is 13.4. The monoisotopic (exact) mass is 319 g/mol. The fourth-order valence-electron chi connectivity index (χ4n) is 5.94. The molecule has 1 aromatic rings. The van der Waals surface area contributed by atoms with Gasteiger partial charge in [-0.3, -0.25) is 0 Å². The normalized spacial score (nSPS) is 47.6. The van der Waals surface area contributed by atoms with Crippen LogP contribution in [0.25, 0.3) is 0 Å². The van der Waals surface area contributed by atoms with Crippen LogP contribution in [0.2, 0.25) is 0 Å². The molecule has 4 fully saturated rings. The summed E-state index contributed by atoms with van der Waals surface area (Å²) in [5.74, 6) is 4.16. The zero-order valence-corrected chi connectivity index (χ0v) is 14.4. The fourth-order valence-corrected chi connectivity index (χ4v) is 8.50. The average Bonchev–Trinajstić information content (AvgIpc) is 2.90. The maximum absolute atomic E-state index is 4.17. The molecule has 0 spiro atoms. The zero-order chi connectivity index (χ0) is 14.0. The summed E-state index contributed by atoms with van der Waals surface area (Å²) >= 11 is 4.04. The molecule has 1 aliphatic heterocycles. The van der Waals surface area contributed by atoms with Gasteiger partial charge in [0, 0.05) is 17.3 Å². The van der Waals surface area contributed by atoms with Crippen LogP contribution in [0, 0.1) is 23.7 Å². The molecule has 2 atom stereocenters. The highest BCUT2D eigenvalue weighted by molar-refractivity contribution is 8.01. The third kappa shape index (κ3) is 2.22. The molecule has 1 aromatic heterocycles. The molecule has 21 heavy (non-hydrogen) atoms. The largest absolute Gasteiger partial charge is 0.307 e. The first-order valence-corrected chi connectivity index (χ1v) is 10.5. The van der Waals surface area contributed by atoms with E-state index in [1.165, 1.54) is 32.1 Å². The van der Waals surface area contributed by atoms with Crippen molar-refractivity contribution >= 4 is 23.1 Å². The van der Waals surface area contributed by atoms with Gasteiger partial charge in [0.15, 0.2) is 0 Å². The maximum Gasteiger partial charge on any atom is 0.0649 e. The molecular formula is C18H25NS2. The molecule has 1 N–H and O–H groups in total. The predicted molar refractivity (Wildman–Crippen MR) is 91.0 cm³/mol. The van der Waals surface area contributed by atoms with E-state index in [-0.39, 0.29) is 0 Å². The molecule has 1 unspecified atom stereocenters. The van der Waals surface area contributed by atoms with Gasteiger partial charge in [0.2, 0.25) is 0 Å². The van der Waals surface area contributed by atoms with Crippen LogP contribution < -0.4 is 5.32 Å². The van der Waals surface area contributed by atoms with Crippen molar-refractivity contribution in [3.05, 3.63) is 17.0 Å². The Labute approximate surface area is 136 Å². The number of nitrogens with one attached hydrogen (secondary N) is 1. The van der Waals surface area contributed by atoms with Crippen LogP contribution in [0.3, 0.4) is 0 Å². The van der Waals surface area contributed by atoms with Gasteiger partial charge in [0.25, 0.3) is 0 Å². The smallest absolute Gasteiger partial charge is 0.0649 e. The van der Waals surface area contributed by atoms with Crippen molar-refractivity contribution in [3.8, 4) is 0 Å². The molecule has 5 aliphatic rings. The van der Waals surface area contributed by atoms with Crippen LogP contribution >= 0.6 is 23.1 Å². The van der Waals surface area contributed by atoms with Crippen molar-refractivity contribution < 1.29 is 0 Å². The Balaban J connectivity index is 1.39. The minimum Gasteiger partial charge on any atom is -0.307 e.